The van der Waals surface area contributed by atoms with Crippen LogP contribution in [-0.2, 0) is 9.53 Å². The van der Waals surface area contributed by atoms with E-state index in [4.69, 9.17) is 0 Å². The van der Waals surface area contributed by atoms with Crippen molar-refractivity contribution in [3.8, 4) is 0 Å². The van der Waals surface area contributed by atoms with Crippen molar-refractivity contribution < 1.29 is 9.53 Å². The Kier molecular flexibility index (Phi) is 4.38. The zero-order valence-corrected chi connectivity index (χ0v) is 10.5. The third-order valence-corrected chi connectivity index (χ3v) is 3.09. The predicted octanol–water partition coefficient (Wildman–Crippen LogP) is 2.84. The molecule has 0 aromatic heterocycles. The summed E-state index contributed by atoms with van der Waals surface area (Å²) >= 11 is 2.34. The molecule has 0 N–H and O–H groups in total. The fourth-order valence-electron chi connectivity index (χ4n) is 0.980. The Morgan fingerprint density at radius 3 is 2.21 bits per heavy atom. The van der Waals surface area contributed by atoms with Crippen molar-refractivity contribution >= 4 is 28.6 Å². The van der Waals surface area contributed by atoms with Gasteiger partial charge in [0, 0.05) is 3.57 Å². The molecule has 1 aromatic carbocycles. The lowest BCUT2D eigenvalue weighted by Gasteiger charge is -2.09. The second kappa shape index (κ2) is 5.34. The van der Waals surface area contributed by atoms with E-state index < -0.39 is 0 Å². The van der Waals surface area contributed by atoms with Gasteiger partial charge in [0.15, 0.2) is 0 Å². The van der Waals surface area contributed by atoms with Crippen molar-refractivity contribution in [3.63, 3.8) is 0 Å². The molecule has 0 saturated carbocycles. The predicted molar refractivity (Wildman–Crippen MR) is 64.2 cm³/mol. The number of hydrogen-bond donors (Lipinski definition) is 0. The van der Waals surface area contributed by atoms with Gasteiger partial charge in [-0.3, -0.25) is 4.79 Å². The maximum atomic E-state index is 9.68. The summed E-state index contributed by atoms with van der Waals surface area (Å²) in [6, 6.07) is 6.47. The van der Waals surface area contributed by atoms with E-state index in [1.54, 1.807) is 0 Å². The molecule has 2 nitrogen and oxygen atoms in total. The van der Waals surface area contributed by atoms with Crippen LogP contribution in [0.25, 0.3) is 0 Å². The van der Waals surface area contributed by atoms with Crippen molar-refractivity contribution in [2.45, 2.75) is 20.3 Å². The van der Waals surface area contributed by atoms with E-state index in [1.807, 2.05) is 0 Å². The zero-order chi connectivity index (χ0) is 10.6. The number of rotatable bonds is 0. The molecule has 1 saturated heterocycles. The summed E-state index contributed by atoms with van der Waals surface area (Å²) in [5.74, 6) is -0.0648. The first-order chi connectivity index (χ1) is 6.59. The minimum atomic E-state index is -0.0648. The standard InChI is InChI=1S/C8H9I.C3H4O2/c1-6-3-4-8(9)7(2)5-6;4-3-1-2-5-3/h3-5H,1-2H3;1-2H2. The molecule has 14 heavy (non-hydrogen) atoms. The number of halogens is 1. The molecule has 1 aliphatic rings. The minimum Gasteiger partial charge on any atom is -0.465 e. The molecule has 76 valence electrons. The summed E-state index contributed by atoms with van der Waals surface area (Å²) in [5, 5.41) is 0. The summed E-state index contributed by atoms with van der Waals surface area (Å²) in [6.07, 6.45) is 0.625. The van der Waals surface area contributed by atoms with Gasteiger partial charge in [-0.05, 0) is 48.1 Å². The summed E-state index contributed by atoms with van der Waals surface area (Å²) in [5.41, 5.74) is 2.71. The molecule has 0 radical (unpaired) electrons. The van der Waals surface area contributed by atoms with Gasteiger partial charge in [0.05, 0.1) is 6.42 Å². The topological polar surface area (TPSA) is 26.3 Å². The number of aryl methyl sites for hydroxylation is 2. The van der Waals surface area contributed by atoms with Gasteiger partial charge in [-0.25, -0.2) is 0 Å². The van der Waals surface area contributed by atoms with Crippen LogP contribution in [0.4, 0.5) is 0 Å². The maximum absolute atomic E-state index is 9.68. The second-order valence-corrected chi connectivity index (χ2v) is 4.39. The maximum Gasteiger partial charge on any atom is 0.309 e. The smallest absolute Gasteiger partial charge is 0.309 e. The lowest BCUT2D eigenvalue weighted by Crippen LogP contribution is -2.18. The van der Waals surface area contributed by atoms with Gasteiger partial charge in [0.25, 0.3) is 0 Å². The quantitative estimate of drug-likeness (QED) is 0.544. The Morgan fingerprint density at radius 2 is 1.93 bits per heavy atom. The Balaban J connectivity index is 0.000000165. The van der Waals surface area contributed by atoms with E-state index in [-0.39, 0.29) is 5.97 Å². The van der Waals surface area contributed by atoms with Gasteiger partial charge < -0.3 is 4.74 Å². The van der Waals surface area contributed by atoms with Gasteiger partial charge in [0.2, 0.25) is 0 Å². The zero-order valence-electron chi connectivity index (χ0n) is 8.34. The van der Waals surface area contributed by atoms with Crippen molar-refractivity contribution in [1.82, 2.24) is 0 Å². The molecule has 0 spiro atoms. The van der Waals surface area contributed by atoms with Gasteiger partial charge in [-0.2, -0.15) is 0 Å². The third kappa shape index (κ3) is 3.65. The first kappa shape index (κ1) is 11.5. The number of esters is 1. The number of ether oxygens (including phenoxy) is 1. The first-order valence-electron chi connectivity index (χ1n) is 4.48. The molecule has 0 aliphatic carbocycles. The summed E-state index contributed by atoms with van der Waals surface area (Å²) < 4.78 is 5.64. The number of carbonyl (C=O) groups is 1. The molecule has 3 heteroatoms. The average molecular weight is 304 g/mol. The van der Waals surface area contributed by atoms with Gasteiger partial charge in [-0.1, -0.05) is 17.7 Å². The molecule has 1 fully saturated rings. The molecule has 0 bridgehead atoms. The third-order valence-electron chi connectivity index (χ3n) is 1.88. The highest BCUT2D eigenvalue weighted by Crippen LogP contribution is 2.11. The molecule has 1 aromatic rings. The highest BCUT2D eigenvalue weighted by molar-refractivity contribution is 14.1. The number of cyclic esters (lactones) is 1. The Bertz CT molecular complexity index is 328. The Hall–Kier alpha value is -0.580. The van der Waals surface area contributed by atoms with Crippen molar-refractivity contribution in [1.29, 1.82) is 0 Å². The monoisotopic (exact) mass is 304 g/mol. The van der Waals surface area contributed by atoms with Gasteiger partial charge >= 0.3 is 5.97 Å². The van der Waals surface area contributed by atoms with Crippen LogP contribution in [0.5, 0.6) is 0 Å². The summed E-state index contributed by atoms with van der Waals surface area (Å²) in [7, 11) is 0. The molecular weight excluding hydrogens is 291 g/mol. The van der Waals surface area contributed by atoms with Crippen LogP contribution in [0.3, 0.4) is 0 Å². The molecule has 0 amide bonds. The number of carbonyl (C=O) groups excluding carboxylic acids is 1. The second-order valence-electron chi connectivity index (χ2n) is 3.22. The van der Waals surface area contributed by atoms with Crippen LogP contribution < -0.4 is 0 Å². The van der Waals surface area contributed by atoms with E-state index in [0.717, 1.165) is 0 Å². The Morgan fingerprint density at radius 1 is 1.36 bits per heavy atom. The molecule has 1 heterocycles. The fraction of sp³-hybridized carbons (Fsp3) is 0.364. The van der Waals surface area contributed by atoms with Crippen molar-refractivity contribution in [2.24, 2.45) is 0 Å². The fourth-order valence-corrected chi connectivity index (χ4v) is 1.32. The summed E-state index contributed by atoms with van der Waals surface area (Å²) in [4.78, 5) is 9.68. The van der Waals surface area contributed by atoms with E-state index in [2.05, 4.69) is 59.4 Å². The van der Waals surface area contributed by atoms with Crippen LogP contribution in [0.1, 0.15) is 17.5 Å². The van der Waals surface area contributed by atoms with Crippen LogP contribution in [0.2, 0.25) is 0 Å². The lowest BCUT2D eigenvalue weighted by atomic mass is 10.2. The SMILES string of the molecule is Cc1ccc(I)c(C)c1.O=C1CCO1. The van der Waals surface area contributed by atoms with Crippen LogP contribution >= 0.6 is 22.6 Å². The molecule has 2 rings (SSSR count). The Labute approximate surface area is 97.8 Å². The van der Waals surface area contributed by atoms with E-state index in [1.165, 1.54) is 14.7 Å². The highest BCUT2D eigenvalue weighted by Gasteiger charge is 2.10. The number of hydrogen-bond acceptors (Lipinski definition) is 2. The lowest BCUT2D eigenvalue weighted by molar-refractivity contribution is -0.157. The van der Waals surface area contributed by atoms with Crippen LogP contribution in [-0.4, -0.2) is 12.6 Å². The van der Waals surface area contributed by atoms with E-state index in [9.17, 15) is 4.79 Å². The van der Waals surface area contributed by atoms with Gasteiger partial charge in [-0.15, -0.1) is 0 Å². The molecule has 0 unspecified atom stereocenters. The van der Waals surface area contributed by atoms with Crippen LogP contribution in [0, 0.1) is 17.4 Å². The van der Waals surface area contributed by atoms with Crippen molar-refractivity contribution in [3.05, 3.63) is 32.9 Å². The largest absolute Gasteiger partial charge is 0.465 e. The minimum absolute atomic E-state index is 0.0648. The molecular formula is C11H13IO2. The first-order valence-corrected chi connectivity index (χ1v) is 5.56. The molecule has 1 aliphatic heterocycles. The highest BCUT2D eigenvalue weighted by atomic mass is 127. The van der Waals surface area contributed by atoms with Crippen molar-refractivity contribution in [2.75, 3.05) is 6.61 Å². The molecule has 0 atom stereocenters. The van der Waals surface area contributed by atoms with Gasteiger partial charge in [0.1, 0.15) is 6.61 Å². The number of benzene rings is 1. The normalized spacial score (nSPS) is 13.5. The summed E-state index contributed by atoms with van der Waals surface area (Å²) in [6.45, 7) is 4.89. The van der Waals surface area contributed by atoms with E-state index >= 15 is 0 Å². The van der Waals surface area contributed by atoms with Crippen LogP contribution in [0.15, 0.2) is 18.2 Å². The average Bonchev–Trinajstić information content (AvgIpc) is 2.10. The van der Waals surface area contributed by atoms with E-state index in [0.29, 0.717) is 13.0 Å².